The van der Waals surface area contributed by atoms with Gasteiger partial charge >= 0.3 is 26.4 Å². The molecular weight excluding hydrogens is 1000 g/mol. The fraction of sp³-hybridized carbons (Fsp3) is 0.593. The van der Waals surface area contributed by atoms with Crippen molar-refractivity contribution in [1.29, 1.82) is 0 Å². The number of fused-ring (bicyclic) bond motifs is 2. The molecule has 5 heterocycles. The van der Waals surface area contributed by atoms with Crippen molar-refractivity contribution in [2.75, 3.05) is 13.1 Å². The summed E-state index contributed by atoms with van der Waals surface area (Å²) in [5.74, 6) is 1.22. The number of likely N-dealkylation sites (tertiary alicyclic amines) is 1. The van der Waals surface area contributed by atoms with Gasteiger partial charge in [0.15, 0.2) is 0 Å². The molecule has 4 bridgehead atoms. The van der Waals surface area contributed by atoms with E-state index in [1.54, 1.807) is 17.4 Å². The summed E-state index contributed by atoms with van der Waals surface area (Å²) in [4.78, 5) is 49.4. The zero-order valence-corrected chi connectivity index (χ0v) is 46.4. The number of amides is 3. The van der Waals surface area contributed by atoms with E-state index in [-0.39, 0.29) is 64.4 Å². The molecule has 3 amide bonds. The molecule has 15 nitrogen and oxygen atoms in total. The van der Waals surface area contributed by atoms with Crippen molar-refractivity contribution in [3.63, 3.8) is 0 Å². The third-order valence-electron chi connectivity index (χ3n) is 19.3. The molecule has 412 valence electrons. The van der Waals surface area contributed by atoms with Gasteiger partial charge in [-0.25, -0.2) is 9.59 Å². The number of nitrogens with zero attached hydrogens (tertiary/aromatic N) is 1. The lowest BCUT2D eigenvalue weighted by atomic mass is 9.43. The Morgan fingerprint density at radius 2 is 1.13 bits per heavy atom. The van der Waals surface area contributed by atoms with Gasteiger partial charge in [-0.05, 0) is 172 Å². The van der Waals surface area contributed by atoms with Crippen molar-refractivity contribution in [3.8, 4) is 0 Å². The maximum absolute atomic E-state index is 13.2. The van der Waals surface area contributed by atoms with Gasteiger partial charge in [0.1, 0.15) is 23.4 Å². The van der Waals surface area contributed by atoms with Crippen LogP contribution in [0.15, 0.2) is 95.2 Å². The number of furan rings is 2. The molecule has 7 aliphatic carbocycles. The van der Waals surface area contributed by atoms with Gasteiger partial charge in [0.05, 0.1) is 54.4 Å². The second-order valence-electron chi connectivity index (χ2n) is 24.4. The van der Waals surface area contributed by atoms with Crippen molar-refractivity contribution in [3.05, 3.63) is 97.5 Å². The van der Waals surface area contributed by atoms with Gasteiger partial charge in [-0.3, -0.25) is 9.59 Å². The van der Waals surface area contributed by atoms with Crippen molar-refractivity contribution in [2.45, 2.75) is 173 Å². The first-order valence-electron chi connectivity index (χ1n) is 28.0. The van der Waals surface area contributed by atoms with E-state index < -0.39 is 31.5 Å². The largest absolute Gasteiger partial charge is 0.482 e. The first kappa shape index (κ1) is 55.3. The highest BCUT2D eigenvalue weighted by Crippen LogP contribution is 2.67. The van der Waals surface area contributed by atoms with E-state index in [1.807, 2.05) is 42.5 Å². The maximum atomic E-state index is 13.2. The summed E-state index contributed by atoms with van der Waals surface area (Å²) in [5, 5.41) is 7.75. The van der Waals surface area contributed by atoms with Gasteiger partial charge in [0.2, 0.25) is 11.1 Å². The lowest BCUT2D eigenvalue weighted by Gasteiger charge is -2.64. The number of hydrogen-bond donors (Lipinski definition) is 2. The average Bonchev–Trinajstić information content (AvgIpc) is 4.34. The monoisotopic (exact) mass is 1080 g/mol. The Kier molecular flexibility index (Phi) is 16.0. The molecule has 0 spiro atoms. The minimum absolute atomic E-state index is 0.00232. The number of benzene rings is 2. The lowest BCUT2D eigenvalue weighted by Crippen LogP contribution is -2.65. The number of hydrogen-bond acceptors (Lipinski definition) is 12. The summed E-state index contributed by atoms with van der Waals surface area (Å²) in [7, 11) is -1.12. The van der Waals surface area contributed by atoms with Crippen molar-refractivity contribution < 1.29 is 56.1 Å². The van der Waals surface area contributed by atoms with Crippen LogP contribution in [-0.2, 0) is 50.5 Å². The molecule has 14 rings (SSSR count). The predicted octanol–water partition coefficient (Wildman–Crippen LogP) is 11.1. The summed E-state index contributed by atoms with van der Waals surface area (Å²) < 4.78 is 49.7. The molecule has 3 aliphatic heterocycles. The molecule has 2 N–H and O–H groups in total. The number of halogens is 1. The Labute approximate surface area is 458 Å². The third kappa shape index (κ3) is 11.0. The summed E-state index contributed by atoms with van der Waals surface area (Å²) >= 11 is 4.71. The predicted molar refractivity (Wildman–Crippen MR) is 295 cm³/mol. The second kappa shape index (κ2) is 22.2. The quantitative estimate of drug-likeness (QED) is 0.0781. The molecule has 11 atom stereocenters. The van der Waals surface area contributed by atoms with Crippen molar-refractivity contribution in [2.24, 2.45) is 34.5 Å². The number of nitrogens with one attached hydrogen (secondary N) is 2. The van der Waals surface area contributed by atoms with Crippen LogP contribution in [0.2, 0.25) is 0 Å². The first-order chi connectivity index (χ1) is 36.8. The minimum Gasteiger partial charge on any atom is -0.464 e. The van der Waals surface area contributed by atoms with Crippen LogP contribution in [0, 0.1) is 34.5 Å². The van der Waals surface area contributed by atoms with Crippen LogP contribution in [0.1, 0.15) is 123 Å². The van der Waals surface area contributed by atoms with Crippen molar-refractivity contribution >= 4 is 71.1 Å². The van der Waals surface area contributed by atoms with Gasteiger partial charge in [-0.1, -0.05) is 83.7 Å². The molecule has 77 heavy (non-hydrogen) atoms. The van der Waals surface area contributed by atoms with Crippen LogP contribution >= 0.6 is 11.6 Å². The molecular formula is C59H76B2ClN3O12. The van der Waals surface area contributed by atoms with Crippen molar-refractivity contribution in [1.82, 2.24) is 15.5 Å². The minimum atomic E-state index is -0.605. The summed E-state index contributed by atoms with van der Waals surface area (Å²) in [5.41, 5.74) is 3.44. The van der Waals surface area contributed by atoms with E-state index in [2.05, 4.69) is 71.4 Å². The van der Waals surface area contributed by atoms with E-state index in [0.717, 1.165) is 90.5 Å². The van der Waals surface area contributed by atoms with Crippen LogP contribution in [0.5, 0.6) is 0 Å². The van der Waals surface area contributed by atoms with E-state index in [0.29, 0.717) is 56.0 Å². The SMILES string of the molecule is C=CC(=O)Cl.C=CC(=O)N1CCC[C@H](OC(=O)N[C@@H](Cc2coc3ccccc23)B2O[C@@H]3C[C@@H]4C[C@@H](C4(C)C)[C@]3(C)O2)C1.CC1(C)[C@@H]2C[C@H]3OB([C@H](Cc4coc5ccccc45)NC(=O)OC4CCCCC4)O[C@@]3(C)[C@H]1C2. The highest BCUT2D eigenvalue weighted by Gasteiger charge is 2.70. The molecule has 3 saturated heterocycles. The third-order valence-corrected chi connectivity index (χ3v) is 19.5. The maximum Gasteiger partial charge on any atom is 0.482 e. The Bertz CT molecular complexity index is 2830. The van der Waals surface area contributed by atoms with Crippen LogP contribution in [0.3, 0.4) is 0 Å². The van der Waals surface area contributed by atoms with Crippen LogP contribution in [-0.4, -0.2) is 103 Å². The van der Waals surface area contributed by atoms with Crippen LogP contribution < -0.4 is 10.6 Å². The van der Waals surface area contributed by atoms with Crippen LogP contribution in [0.25, 0.3) is 21.9 Å². The number of para-hydroxylation sites is 2. The highest BCUT2D eigenvalue weighted by atomic mass is 35.5. The fourth-order valence-electron chi connectivity index (χ4n) is 14.6. The number of rotatable bonds is 12. The molecule has 0 radical (unpaired) electrons. The van der Waals surface area contributed by atoms with Crippen LogP contribution in [0.4, 0.5) is 9.59 Å². The number of carbonyl (C=O) groups is 4. The van der Waals surface area contributed by atoms with Gasteiger partial charge < -0.3 is 52.5 Å². The molecule has 2 aromatic carbocycles. The molecule has 4 aromatic rings. The smallest absolute Gasteiger partial charge is 0.464 e. The number of allylic oxidation sites excluding steroid dienone is 1. The molecule has 2 aromatic heterocycles. The van der Waals surface area contributed by atoms with E-state index in [1.165, 1.54) is 18.9 Å². The number of ether oxygens (including phenoxy) is 2. The fourth-order valence-corrected chi connectivity index (χ4v) is 14.6. The topological polar surface area (TPSA) is 177 Å². The number of alkyl carbamates (subject to hydrolysis) is 2. The normalized spacial score (nSPS) is 31.1. The molecule has 7 saturated carbocycles. The van der Waals surface area contributed by atoms with E-state index in [4.69, 9.17) is 48.5 Å². The van der Waals surface area contributed by atoms with Gasteiger partial charge in [0, 0.05) is 17.3 Å². The van der Waals surface area contributed by atoms with Gasteiger partial charge in [-0.2, -0.15) is 0 Å². The summed E-state index contributed by atoms with van der Waals surface area (Å²) in [6, 6.07) is 15.9. The molecule has 0 unspecified atom stereocenters. The lowest BCUT2D eigenvalue weighted by molar-refractivity contribution is -0.199. The Morgan fingerprint density at radius 3 is 1.58 bits per heavy atom. The number of carbonyl (C=O) groups excluding carboxylic acids is 4. The van der Waals surface area contributed by atoms with E-state index >= 15 is 0 Å². The Hall–Kier alpha value is -5.06. The zero-order chi connectivity index (χ0) is 54.4. The molecule has 10 aliphatic rings. The van der Waals surface area contributed by atoms with E-state index in [9.17, 15) is 19.2 Å². The summed E-state index contributed by atoms with van der Waals surface area (Å²) in [6.07, 6.45) is 16.9. The average molecular weight is 1080 g/mol. The zero-order valence-electron chi connectivity index (χ0n) is 45.6. The second-order valence-corrected chi connectivity index (χ2v) is 24.8. The molecule has 10 fully saturated rings. The standard InChI is InChI=1S/C29H37BN2O6.C27H36BNO5.C3H3ClO/c1-5-26(33)32-12-8-9-20(16-32)36-27(34)31-25(13-18-17-35-22-11-7-6-10-21(18)22)30-37-24-15-19-14-23(28(19,2)3)29(24,4)38-30;1-26(2)18-14-22(26)27(3)23(15-18)33-28(34-27)24(29-25(30)32-19-9-5-4-6-10-19)13-17-16-31-21-12-8-7-11-20(17)21;1-2-3(4)5/h5-7,10-11,17,19-20,23-25H,1,8-9,12-16H2,2-4H3,(H,31,34);7-8,11-12,16,18-19,22-24H,4-6,9-10,13-15H2,1-3H3,(H,29,30);2H,1H2/t19-,20-,23-,24+,25-,29-;18-,22-,23+,24-,27-;/m00./s1. The Morgan fingerprint density at radius 1 is 0.675 bits per heavy atom. The first-order valence-corrected chi connectivity index (χ1v) is 28.4. The highest BCUT2D eigenvalue weighted by molar-refractivity contribution is 6.66. The van der Waals surface area contributed by atoms with Gasteiger partial charge in [0.25, 0.3) is 0 Å². The molecule has 18 heteroatoms. The van der Waals surface area contributed by atoms with Gasteiger partial charge in [-0.15, -0.1) is 0 Å². The Balaban J connectivity index is 0.000000161. The number of piperidine rings is 1. The summed E-state index contributed by atoms with van der Waals surface area (Å²) in [6.45, 7) is 21.4.